The van der Waals surface area contributed by atoms with E-state index in [2.05, 4.69) is 6.92 Å². The molecule has 15 heavy (non-hydrogen) atoms. The van der Waals surface area contributed by atoms with Crippen molar-refractivity contribution >= 4 is 0 Å². The zero-order chi connectivity index (χ0) is 10.8. The van der Waals surface area contributed by atoms with Gasteiger partial charge in [-0.1, -0.05) is 13.3 Å². The zero-order valence-electron chi connectivity index (χ0n) is 9.73. The molecule has 2 N–H and O–H groups in total. The van der Waals surface area contributed by atoms with Gasteiger partial charge in [-0.3, -0.25) is 0 Å². The number of hydrogen-bond donors (Lipinski definition) is 2. The molecular weight excluding hydrogens is 188 g/mol. The Bertz CT molecular complexity index is 201. The van der Waals surface area contributed by atoms with E-state index in [1.54, 1.807) is 0 Å². The number of fused-ring (bicyclic) bond motifs is 2. The van der Waals surface area contributed by atoms with Gasteiger partial charge in [0.15, 0.2) is 0 Å². The lowest BCUT2D eigenvalue weighted by atomic mass is 9.72. The van der Waals surface area contributed by atoms with Crippen molar-refractivity contribution < 1.29 is 10.2 Å². The van der Waals surface area contributed by atoms with E-state index in [1.165, 1.54) is 19.3 Å². The van der Waals surface area contributed by atoms with Crippen molar-refractivity contribution in [3.63, 3.8) is 0 Å². The lowest BCUT2D eigenvalue weighted by Gasteiger charge is -2.33. The first kappa shape index (κ1) is 11.4. The Kier molecular flexibility index (Phi) is 3.68. The van der Waals surface area contributed by atoms with E-state index >= 15 is 0 Å². The molecule has 0 radical (unpaired) electrons. The van der Waals surface area contributed by atoms with E-state index in [4.69, 9.17) is 5.11 Å². The second-order valence-electron chi connectivity index (χ2n) is 5.52. The zero-order valence-corrected chi connectivity index (χ0v) is 9.73. The quantitative estimate of drug-likeness (QED) is 0.732. The van der Waals surface area contributed by atoms with Gasteiger partial charge in [0.05, 0.1) is 0 Å². The number of aliphatic hydroxyl groups is 2. The van der Waals surface area contributed by atoms with Gasteiger partial charge in [-0.25, -0.2) is 0 Å². The van der Waals surface area contributed by atoms with Gasteiger partial charge in [0.25, 0.3) is 0 Å². The Balaban J connectivity index is 1.98. The summed E-state index contributed by atoms with van der Waals surface area (Å²) in [5.41, 5.74) is 0. The molecule has 0 aromatic rings. The van der Waals surface area contributed by atoms with Crippen LogP contribution in [0.4, 0.5) is 0 Å². The van der Waals surface area contributed by atoms with Crippen LogP contribution in [0.5, 0.6) is 0 Å². The van der Waals surface area contributed by atoms with Crippen LogP contribution in [0.25, 0.3) is 0 Å². The molecular formula is C13H24O2. The highest BCUT2D eigenvalue weighted by molar-refractivity contribution is 4.97. The smallest absolute Gasteiger partial charge is 0.0461 e. The number of hydrogen-bond acceptors (Lipinski definition) is 2. The summed E-state index contributed by atoms with van der Waals surface area (Å²) in [6.45, 7) is 2.89. The second kappa shape index (κ2) is 4.84. The van der Waals surface area contributed by atoms with Crippen LogP contribution in [0.1, 0.15) is 39.0 Å². The average molecular weight is 212 g/mol. The van der Waals surface area contributed by atoms with Gasteiger partial charge in [-0.15, -0.1) is 0 Å². The predicted molar refractivity (Wildman–Crippen MR) is 60.4 cm³/mol. The van der Waals surface area contributed by atoms with Crippen LogP contribution >= 0.6 is 0 Å². The minimum atomic E-state index is 0.344. The highest BCUT2D eigenvalue weighted by Crippen LogP contribution is 2.55. The van der Waals surface area contributed by atoms with Crippen molar-refractivity contribution in [2.24, 2.45) is 29.6 Å². The molecule has 2 aliphatic rings. The summed E-state index contributed by atoms with van der Waals surface area (Å²) in [4.78, 5) is 0. The first-order valence-electron chi connectivity index (χ1n) is 6.51. The topological polar surface area (TPSA) is 40.5 Å². The molecule has 2 rings (SSSR count). The molecule has 2 saturated carbocycles. The van der Waals surface area contributed by atoms with Gasteiger partial charge in [0, 0.05) is 13.2 Å². The standard InChI is InChI=1S/C13H24O2/c1-2-10(8-15)12-6-9-5-11(3-4-14)13(12)7-9/h9-15H,2-8H2,1H3. The minimum absolute atomic E-state index is 0.344. The van der Waals surface area contributed by atoms with Crippen LogP contribution in [0.3, 0.4) is 0 Å². The summed E-state index contributed by atoms with van der Waals surface area (Å²) < 4.78 is 0. The Hall–Kier alpha value is -0.0800. The molecule has 0 heterocycles. The summed E-state index contributed by atoms with van der Waals surface area (Å²) in [6, 6.07) is 0. The van der Waals surface area contributed by atoms with E-state index < -0.39 is 0 Å². The monoisotopic (exact) mass is 212 g/mol. The SMILES string of the molecule is CCC(CO)C1CC2CC(CCO)C1C2. The van der Waals surface area contributed by atoms with Crippen LogP contribution in [0, 0.1) is 29.6 Å². The van der Waals surface area contributed by atoms with E-state index in [0.717, 1.165) is 36.5 Å². The fourth-order valence-corrected chi connectivity index (χ4v) is 4.16. The highest BCUT2D eigenvalue weighted by Gasteiger charge is 2.47. The molecule has 0 amide bonds. The summed E-state index contributed by atoms with van der Waals surface area (Å²) >= 11 is 0. The van der Waals surface area contributed by atoms with Crippen molar-refractivity contribution in [2.75, 3.05) is 13.2 Å². The first-order valence-corrected chi connectivity index (χ1v) is 6.51. The fraction of sp³-hybridized carbons (Fsp3) is 1.00. The molecule has 0 aromatic heterocycles. The molecule has 2 fully saturated rings. The lowest BCUT2D eigenvalue weighted by molar-refractivity contribution is 0.0963. The molecule has 2 nitrogen and oxygen atoms in total. The third-order valence-corrected chi connectivity index (χ3v) is 4.87. The van der Waals surface area contributed by atoms with Crippen LogP contribution in [-0.2, 0) is 0 Å². The van der Waals surface area contributed by atoms with Crippen molar-refractivity contribution in [3.8, 4) is 0 Å². The van der Waals surface area contributed by atoms with E-state index in [-0.39, 0.29) is 0 Å². The number of aliphatic hydroxyl groups excluding tert-OH is 2. The van der Waals surface area contributed by atoms with E-state index in [0.29, 0.717) is 19.1 Å². The molecule has 0 aromatic carbocycles. The van der Waals surface area contributed by atoms with Crippen LogP contribution in [-0.4, -0.2) is 23.4 Å². The molecule has 0 aliphatic heterocycles. The Labute approximate surface area is 92.7 Å². The van der Waals surface area contributed by atoms with E-state index in [1.807, 2.05) is 0 Å². The molecule has 5 atom stereocenters. The maximum atomic E-state index is 9.38. The molecule has 0 saturated heterocycles. The maximum absolute atomic E-state index is 9.38. The van der Waals surface area contributed by atoms with E-state index in [9.17, 15) is 5.11 Å². The second-order valence-corrected chi connectivity index (χ2v) is 5.52. The van der Waals surface area contributed by atoms with Gasteiger partial charge < -0.3 is 10.2 Å². The Morgan fingerprint density at radius 3 is 2.53 bits per heavy atom. The Morgan fingerprint density at radius 2 is 2.00 bits per heavy atom. The van der Waals surface area contributed by atoms with Gasteiger partial charge >= 0.3 is 0 Å². The third-order valence-electron chi connectivity index (χ3n) is 4.87. The summed E-state index contributed by atoms with van der Waals surface area (Å²) in [7, 11) is 0. The van der Waals surface area contributed by atoms with Crippen molar-refractivity contribution in [2.45, 2.75) is 39.0 Å². The molecule has 2 aliphatic carbocycles. The lowest BCUT2D eigenvalue weighted by Crippen LogP contribution is -2.28. The van der Waals surface area contributed by atoms with Gasteiger partial charge in [-0.05, 0) is 55.3 Å². The summed E-state index contributed by atoms with van der Waals surface area (Å²) in [6.07, 6.45) is 6.14. The first-order chi connectivity index (χ1) is 7.30. The van der Waals surface area contributed by atoms with Crippen molar-refractivity contribution in [1.29, 1.82) is 0 Å². The van der Waals surface area contributed by atoms with Crippen LogP contribution < -0.4 is 0 Å². The van der Waals surface area contributed by atoms with Gasteiger partial charge in [-0.2, -0.15) is 0 Å². The van der Waals surface area contributed by atoms with Gasteiger partial charge in [0.1, 0.15) is 0 Å². The van der Waals surface area contributed by atoms with Crippen LogP contribution in [0.15, 0.2) is 0 Å². The highest BCUT2D eigenvalue weighted by atomic mass is 16.3. The third kappa shape index (κ3) is 2.07. The molecule has 5 unspecified atom stereocenters. The molecule has 2 bridgehead atoms. The Morgan fingerprint density at radius 1 is 1.20 bits per heavy atom. The minimum Gasteiger partial charge on any atom is -0.396 e. The number of rotatable bonds is 5. The molecule has 2 heteroatoms. The molecule has 88 valence electrons. The van der Waals surface area contributed by atoms with Crippen molar-refractivity contribution in [3.05, 3.63) is 0 Å². The summed E-state index contributed by atoms with van der Waals surface area (Å²) in [5.74, 6) is 3.72. The maximum Gasteiger partial charge on any atom is 0.0461 e. The van der Waals surface area contributed by atoms with Crippen LogP contribution in [0.2, 0.25) is 0 Å². The van der Waals surface area contributed by atoms with Crippen molar-refractivity contribution in [1.82, 2.24) is 0 Å². The fourth-order valence-electron chi connectivity index (χ4n) is 4.16. The van der Waals surface area contributed by atoms with Gasteiger partial charge in [0.2, 0.25) is 0 Å². The molecule has 0 spiro atoms. The largest absolute Gasteiger partial charge is 0.396 e. The normalized spacial score (nSPS) is 41.0. The predicted octanol–water partition coefficient (Wildman–Crippen LogP) is 2.05. The average Bonchev–Trinajstić information content (AvgIpc) is 2.79. The summed E-state index contributed by atoms with van der Waals surface area (Å²) in [5, 5.41) is 18.4.